The molecule has 0 aliphatic rings. The number of anilines is 2. The molecule has 8 nitrogen and oxygen atoms in total. The van der Waals surface area contributed by atoms with Crippen molar-refractivity contribution in [1.29, 1.82) is 0 Å². The van der Waals surface area contributed by atoms with E-state index in [4.69, 9.17) is 27.9 Å². The third kappa shape index (κ3) is 6.31. The standard InChI is InChI=1S/C21H20Cl2N6O2/c1-12-10-13(2)25-19(24-12)28-20(27-17-6-4-5-7-18(17)31-3)29-21(30)26-14-8-9-15(22)16(23)11-14/h4-11H,1-3H3,(H3,24,25,26,27,28,29,30). The van der Waals surface area contributed by atoms with Gasteiger partial charge in [-0.05, 0) is 50.2 Å². The largest absolute Gasteiger partial charge is 0.495 e. The second kappa shape index (κ2) is 10.1. The molecule has 31 heavy (non-hydrogen) atoms. The monoisotopic (exact) mass is 458 g/mol. The Morgan fingerprint density at radius 3 is 2.35 bits per heavy atom. The minimum absolute atomic E-state index is 0.104. The third-order valence-electron chi connectivity index (χ3n) is 3.95. The molecule has 3 N–H and O–H groups in total. The normalized spacial score (nSPS) is 11.1. The molecule has 0 bridgehead atoms. The summed E-state index contributed by atoms with van der Waals surface area (Å²) in [5.41, 5.74) is 2.57. The number of carbonyl (C=O) groups excluding carboxylic acids is 1. The van der Waals surface area contributed by atoms with Gasteiger partial charge < -0.3 is 15.4 Å². The van der Waals surface area contributed by atoms with E-state index in [1.54, 1.807) is 37.4 Å². The van der Waals surface area contributed by atoms with Crippen molar-refractivity contribution in [2.75, 3.05) is 17.7 Å². The van der Waals surface area contributed by atoms with Crippen molar-refractivity contribution in [3.05, 3.63) is 70.0 Å². The van der Waals surface area contributed by atoms with E-state index in [-0.39, 0.29) is 11.9 Å². The number of hydrogen-bond acceptors (Lipinski definition) is 5. The molecular weight excluding hydrogens is 439 g/mol. The molecule has 2 aromatic carbocycles. The fourth-order valence-corrected chi connectivity index (χ4v) is 2.96. The third-order valence-corrected chi connectivity index (χ3v) is 4.69. The first-order valence-corrected chi connectivity index (χ1v) is 9.93. The predicted molar refractivity (Wildman–Crippen MR) is 124 cm³/mol. The summed E-state index contributed by atoms with van der Waals surface area (Å²) in [5, 5.41) is 9.10. The van der Waals surface area contributed by atoms with Gasteiger partial charge in [0, 0.05) is 17.1 Å². The van der Waals surface area contributed by atoms with Gasteiger partial charge in [0.25, 0.3) is 5.95 Å². The minimum Gasteiger partial charge on any atom is -0.495 e. The van der Waals surface area contributed by atoms with E-state index < -0.39 is 6.03 Å². The maximum Gasteiger partial charge on any atom is 0.326 e. The smallest absolute Gasteiger partial charge is 0.326 e. The number of ether oxygens (including phenoxy) is 1. The number of benzene rings is 2. The van der Waals surface area contributed by atoms with Crippen molar-refractivity contribution in [3.8, 4) is 5.75 Å². The first-order valence-electron chi connectivity index (χ1n) is 9.18. The van der Waals surface area contributed by atoms with Crippen LogP contribution in [0.1, 0.15) is 11.4 Å². The number of aromatic nitrogens is 2. The van der Waals surface area contributed by atoms with Crippen LogP contribution in [0.15, 0.2) is 53.5 Å². The molecule has 0 spiro atoms. The Morgan fingerprint density at radius 1 is 0.968 bits per heavy atom. The highest BCUT2D eigenvalue weighted by Crippen LogP contribution is 2.25. The highest BCUT2D eigenvalue weighted by atomic mass is 35.5. The Morgan fingerprint density at radius 2 is 1.68 bits per heavy atom. The number of methoxy groups -OCH3 is 1. The maximum atomic E-state index is 12.6. The lowest BCUT2D eigenvalue weighted by atomic mass is 10.3. The predicted octanol–water partition coefficient (Wildman–Crippen LogP) is 5.33. The number of aliphatic imine (C=N–C) groups is 1. The minimum atomic E-state index is -0.552. The molecule has 0 aliphatic carbocycles. The molecule has 2 amide bonds. The quantitative estimate of drug-likeness (QED) is 0.362. The summed E-state index contributed by atoms with van der Waals surface area (Å²) >= 11 is 11.9. The highest BCUT2D eigenvalue weighted by molar-refractivity contribution is 6.42. The number of nitrogens with zero attached hydrogens (tertiary/aromatic N) is 3. The zero-order valence-electron chi connectivity index (χ0n) is 17.0. The Labute approximate surface area is 189 Å². The molecule has 0 aliphatic heterocycles. The number of nitrogens with one attached hydrogen (secondary N) is 3. The Hall–Kier alpha value is -3.36. The molecule has 1 heterocycles. The lowest BCUT2D eigenvalue weighted by Crippen LogP contribution is -2.38. The highest BCUT2D eigenvalue weighted by Gasteiger charge is 2.12. The van der Waals surface area contributed by atoms with Gasteiger partial charge in [-0.2, -0.15) is 4.99 Å². The average molecular weight is 459 g/mol. The molecular formula is C21H20Cl2N6O2. The molecule has 0 saturated carbocycles. The van der Waals surface area contributed by atoms with E-state index in [1.165, 1.54) is 0 Å². The van der Waals surface area contributed by atoms with E-state index in [2.05, 4.69) is 30.9 Å². The Bertz CT molecular complexity index is 1120. The molecule has 1 aromatic heterocycles. The topological polar surface area (TPSA) is 101 Å². The SMILES string of the molecule is COc1ccccc1N/C(=N/c1nc(C)cc(C)n1)NC(=O)Nc1ccc(Cl)c(Cl)c1. The van der Waals surface area contributed by atoms with Crippen LogP contribution in [0.3, 0.4) is 0 Å². The first-order chi connectivity index (χ1) is 14.8. The van der Waals surface area contributed by atoms with Gasteiger partial charge in [0.2, 0.25) is 5.96 Å². The van der Waals surface area contributed by atoms with Gasteiger partial charge in [0.15, 0.2) is 0 Å². The number of urea groups is 1. The molecule has 0 atom stereocenters. The van der Waals surface area contributed by atoms with Crippen molar-refractivity contribution < 1.29 is 9.53 Å². The molecule has 3 rings (SSSR count). The van der Waals surface area contributed by atoms with E-state index in [1.807, 2.05) is 32.0 Å². The van der Waals surface area contributed by atoms with Crippen LogP contribution in [0.4, 0.5) is 22.1 Å². The molecule has 160 valence electrons. The summed E-state index contributed by atoms with van der Waals surface area (Å²) in [7, 11) is 1.55. The van der Waals surface area contributed by atoms with Gasteiger partial charge in [-0.15, -0.1) is 0 Å². The molecule has 10 heteroatoms. The average Bonchev–Trinajstić information content (AvgIpc) is 2.70. The summed E-state index contributed by atoms with van der Waals surface area (Å²) in [5.74, 6) is 0.875. The van der Waals surface area contributed by atoms with Gasteiger partial charge >= 0.3 is 6.03 Å². The van der Waals surface area contributed by atoms with Gasteiger partial charge in [0.05, 0.1) is 22.8 Å². The number of amides is 2. The van der Waals surface area contributed by atoms with Gasteiger partial charge in [0.1, 0.15) is 5.75 Å². The van der Waals surface area contributed by atoms with Crippen LogP contribution < -0.4 is 20.7 Å². The lowest BCUT2D eigenvalue weighted by molar-refractivity contribution is 0.256. The summed E-state index contributed by atoms with van der Waals surface area (Å²) in [6.45, 7) is 3.68. The van der Waals surface area contributed by atoms with Crippen LogP contribution in [-0.4, -0.2) is 29.1 Å². The van der Waals surface area contributed by atoms with E-state index in [9.17, 15) is 4.79 Å². The van der Waals surface area contributed by atoms with Crippen molar-refractivity contribution >= 4 is 52.5 Å². The zero-order valence-corrected chi connectivity index (χ0v) is 18.5. The van der Waals surface area contributed by atoms with E-state index in [0.29, 0.717) is 27.2 Å². The number of para-hydroxylation sites is 2. The summed E-state index contributed by atoms with van der Waals surface area (Å²) in [4.78, 5) is 25.6. The van der Waals surface area contributed by atoms with Crippen LogP contribution in [0, 0.1) is 13.8 Å². The maximum absolute atomic E-state index is 12.6. The number of halogens is 2. The van der Waals surface area contributed by atoms with Crippen molar-refractivity contribution in [2.45, 2.75) is 13.8 Å². The van der Waals surface area contributed by atoms with Gasteiger partial charge in [-0.25, -0.2) is 14.8 Å². The van der Waals surface area contributed by atoms with Crippen molar-refractivity contribution in [1.82, 2.24) is 15.3 Å². The Kier molecular flexibility index (Phi) is 7.28. The van der Waals surface area contributed by atoms with E-state index >= 15 is 0 Å². The summed E-state index contributed by atoms with van der Waals surface area (Å²) in [6, 6.07) is 13.3. The number of aryl methyl sites for hydroxylation is 2. The van der Waals surface area contributed by atoms with Gasteiger partial charge in [-0.1, -0.05) is 35.3 Å². The molecule has 0 saturated heterocycles. The number of carbonyl (C=O) groups is 1. The fraction of sp³-hybridized carbons (Fsp3) is 0.143. The first kappa shape index (κ1) is 22.3. The van der Waals surface area contributed by atoms with Crippen LogP contribution in [0.2, 0.25) is 10.0 Å². The van der Waals surface area contributed by atoms with Crippen LogP contribution in [0.25, 0.3) is 0 Å². The van der Waals surface area contributed by atoms with Gasteiger partial charge in [-0.3, -0.25) is 5.32 Å². The summed E-state index contributed by atoms with van der Waals surface area (Å²) < 4.78 is 5.36. The number of rotatable bonds is 4. The van der Waals surface area contributed by atoms with E-state index in [0.717, 1.165) is 11.4 Å². The van der Waals surface area contributed by atoms with Crippen LogP contribution in [-0.2, 0) is 0 Å². The number of guanidine groups is 1. The molecule has 0 fully saturated rings. The van der Waals surface area contributed by atoms with Crippen LogP contribution >= 0.6 is 23.2 Å². The van der Waals surface area contributed by atoms with Crippen molar-refractivity contribution in [3.63, 3.8) is 0 Å². The fourth-order valence-electron chi connectivity index (χ4n) is 2.66. The number of hydrogen-bond donors (Lipinski definition) is 3. The Balaban J connectivity index is 1.88. The molecule has 0 radical (unpaired) electrons. The summed E-state index contributed by atoms with van der Waals surface area (Å²) in [6.07, 6.45) is 0. The van der Waals surface area contributed by atoms with Crippen LogP contribution in [0.5, 0.6) is 5.75 Å². The molecule has 0 unspecified atom stereocenters. The zero-order chi connectivity index (χ0) is 22.4. The van der Waals surface area contributed by atoms with Crippen molar-refractivity contribution in [2.24, 2.45) is 4.99 Å². The second-order valence-corrected chi connectivity index (χ2v) is 7.26. The second-order valence-electron chi connectivity index (χ2n) is 6.44. The lowest BCUT2D eigenvalue weighted by Gasteiger charge is -2.14. The molecule has 3 aromatic rings.